The monoisotopic (exact) mass is 353 g/mol. The predicted molar refractivity (Wildman–Crippen MR) is 98.1 cm³/mol. The van der Waals surface area contributed by atoms with Gasteiger partial charge in [-0.3, -0.25) is 9.59 Å². The van der Waals surface area contributed by atoms with Crippen LogP contribution in [-0.4, -0.2) is 42.9 Å². The van der Waals surface area contributed by atoms with Gasteiger partial charge in [-0.1, -0.05) is 29.8 Å². The standard InChI is InChI=1S/C18H27N3O2.ClH/c1-14-4-6-15(7-5-14)8-9-17(22)21-12-2-3-16(13-21)18(23)20-11-10-19;/h4-7,16H,2-3,8-13,19H2,1H3,(H,20,23);1H. The Labute approximate surface area is 150 Å². The van der Waals surface area contributed by atoms with Crippen molar-refractivity contribution in [3.05, 3.63) is 35.4 Å². The minimum Gasteiger partial charge on any atom is -0.355 e. The van der Waals surface area contributed by atoms with Crippen molar-refractivity contribution in [3.63, 3.8) is 0 Å². The van der Waals surface area contributed by atoms with Crippen LogP contribution in [0.15, 0.2) is 24.3 Å². The van der Waals surface area contributed by atoms with E-state index >= 15 is 0 Å². The Morgan fingerprint density at radius 2 is 2.00 bits per heavy atom. The molecule has 1 unspecified atom stereocenters. The van der Waals surface area contributed by atoms with Crippen LogP contribution in [0.1, 0.15) is 30.4 Å². The third kappa shape index (κ3) is 6.13. The van der Waals surface area contributed by atoms with Gasteiger partial charge in [-0.25, -0.2) is 0 Å². The fourth-order valence-corrected chi connectivity index (χ4v) is 2.92. The van der Waals surface area contributed by atoms with E-state index in [1.807, 2.05) is 4.90 Å². The molecular weight excluding hydrogens is 326 g/mol. The quantitative estimate of drug-likeness (QED) is 0.816. The number of piperidine rings is 1. The molecule has 1 aromatic carbocycles. The molecule has 0 spiro atoms. The highest BCUT2D eigenvalue weighted by Crippen LogP contribution is 2.18. The Hall–Kier alpha value is -1.59. The number of carbonyl (C=O) groups excluding carboxylic acids is 2. The summed E-state index contributed by atoms with van der Waals surface area (Å²) in [5.74, 6) is 0.0620. The molecule has 0 aromatic heterocycles. The number of nitrogens with zero attached hydrogens (tertiary/aromatic N) is 1. The van der Waals surface area contributed by atoms with Crippen molar-refractivity contribution in [2.45, 2.75) is 32.6 Å². The van der Waals surface area contributed by atoms with Gasteiger partial charge in [0.15, 0.2) is 0 Å². The number of benzene rings is 1. The number of carbonyl (C=O) groups is 2. The Morgan fingerprint density at radius 1 is 1.29 bits per heavy atom. The molecule has 1 heterocycles. The molecule has 3 N–H and O–H groups in total. The fraction of sp³-hybridized carbons (Fsp3) is 0.556. The van der Waals surface area contributed by atoms with Crippen LogP contribution in [0.5, 0.6) is 0 Å². The van der Waals surface area contributed by atoms with Crippen molar-refractivity contribution in [1.29, 1.82) is 0 Å². The van der Waals surface area contributed by atoms with Gasteiger partial charge < -0.3 is 16.0 Å². The molecule has 134 valence electrons. The van der Waals surface area contributed by atoms with E-state index < -0.39 is 0 Å². The van der Waals surface area contributed by atoms with E-state index in [-0.39, 0.29) is 30.1 Å². The topological polar surface area (TPSA) is 75.4 Å². The average molecular weight is 354 g/mol. The van der Waals surface area contributed by atoms with Crippen LogP contribution in [0.4, 0.5) is 0 Å². The first-order valence-corrected chi connectivity index (χ1v) is 8.41. The Kier molecular flexibility index (Phi) is 8.79. The largest absolute Gasteiger partial charge is 0.355 e. The molecular formula is C18H28ClN3O2. The van der Waals surface area contributed by atoms with E-state index in [1.165, 1.54) is 11.1 Å². The van der Waals surface area contributed by atoms with Gasteiger partial charge in [0.1, 0.15) is 0 Å². The summed E-state index contributed by atoms with van der Waals surface area (Å²) in [5, 5.41) is 2.82. The molecule has 5 nitrogen and oxygen atoms in total. The first-order chi connectivity index (χ1) is 11.1. The minimum atomic E-state index is -0.0985. The Balaban J connectivity index is 0.00000288. The summed E-state index contributed by atoms with van der Waals surface area (Å²) in [5.41, 5.74) is 7.81. The normalized spacial score (nSPS) is 17.1. The lowest BCUT2D eigenvalue weighted by atomic mass is 9.96. The molecule has 1 aliphatic rings. The number of hydrogen-bond donors (Lipinski definition) is 2. The van der Waals surface area contributed by atoms with E-state index in [1.54, 1.807) is 0 Å². The van der Waals surface area contributed by atoms with Gasteiger partial charge in [0.25, 0.3) is 0 Å². The van der Waals surface area contributed by atoms with Crippen LogP contribution in [0.25, 0.3) is 0 Å². The SMILES string of the molecule is Cc1ccc(CCC(=O)N2CCCC(C(=O)NCCN)C2)cc1.Cl. The molecule has 1 aromatic rings. The second-order valence-corrected chi connectivity index (χ2v) is 6.24. The molecule has 1 aliphatic heterocycles. The predicted octanol–water partition coefficient (Wildman–Crippen LogP) is 1.66. The summed E-state index contributed by atoms with van der Waals surface area (Å²) in [6.45, 7) is 4.28. The lowest BCUT2D eigenvalue weighted by molar-refractivity contribution is -0.135. The van der Waals surface area contributed by atoms with Crippen LogP contribution < -0.4 is 11.1 Å². The van der Waals surface area contributed by atoms with Crippen molar-refractivity contribution < 1.29 is 9.59 Å². The molecule has 1 fully saturated rings. The maximum Gasteiger partial charge on any atom is 0.224 e. The van der Waals surface area contributed by atoms with Gasteiger partial charge in [0, 0.05) is 32.6 Å². The lowest BCUT2D eigenvalue weighted by Crippen LogP contribution is -2.46. The number of rotatable bonds is 6. The molecule has 0 radical (unpaired) electrons. The summed E-state index contributed by atoms with van der Waals surface area (Å²) in [6, 6.07) is 8.28. The number of amides is 2. The first kappa shape index (κ1) is 20.5. The van der Waals surface area contributed by atoms with Gasteiger partial charge in [-0.05, 0) is 31.7 Å². The number of aryl methyl sites for hydroxylation is 2. The maximum atomic E-state index is 12.4. The highest BCUT2D eigenvalue weighted by molar-refractivity contribution is 5.85. The van der Waals surface area contributed by atoms with Crippen LogP contribution >= 0.6 is 12.4 Å². The molecule has 6 heteroatoms. The average Bonchev–Trinajstić information content (AvgIpc) is 2.59. The zero-order valence-corrected chi connectivity index (χ0v) is 15.1. The highest BCUT2D eigenvalue weighted by Gasteiger charge is 2.27. The molecule has 1 saturated heterocycles. The summed E-state index contributed by atoms with van der Waals surface area (Å²) in [6.07, 6.45) is 2.98. The van der Waals surface area contributed by atoms with Gasteiger partial charge in [-0.2, -0.15) is 0 Å². The van der Waals surface area contributed by atoms with Crippen LogP contribution in [0.2, 0.25) is 0 Å². The number of halogens is 1. The molecule has 2 amide bonds. The molecule has 0 bridgehead atoms. The smallest absolute Gasteiger partial charge is 0.224 e. The van der Waals surface area contributed by atoms with Crippen LogP contribution in [0.3, 0.4) is 0 Å². The fourth-order valence-electron chi connectivity index (χ4n) is 2.92. The van der Waals surface area contributed by atoms with Crippen molar-refractivity contribution in [2.24, 2.45) is 11.7 Å². The van der Waals surface area contributed by atoms with Gasteiger partial charge in [0.05, 0.1) is 5.92 Å². The van der Waals surface area contributed by atoms with Crippen molar-refractivity contribution in [2.75, 3.05) is 26.2 Å². The van der Waals surface area contributed by atoms with Gasteiger partial charge >= 0.3 is 0 Å². The van der Waals surface area contributed by atoms with Crippen molar-refractivity contribution in [3.8, 4) is 0 Å². The summed E-state index contributed by atoms with van der Waals surface area (Å²) in [4.78, 5) is 26.3. The van der Waals surface area contributed by atoms with Crippen molar-refractivity contribution in [1.82, 2.24) is 10.2 Å². The second-order valence-electron chi connectivity index (χ2n) is 6.24. The van der Waals surface area contributed by atoms with Crippen LogP contribution in [-0.2, 0) is 16.0 Å². The van der Waals surface area contributed by atoms with Gasteiger partial charge in [0.2, 0.25) is 11.8 Å². The third-order valence-corrected chi connectivity index (χ3v) is 4.34. The Morgan fingerprint density at radius 3 is 2.67 bits per heavy atom. The highest BCUT2D eigenvalue weighted by atomic mass is 35.5. The second kappa shape index (κ2) is 10.3. The zero-order valence-electron chi connectivity index (χ0n) is 14.3. The third-order valence-electron chi connectivity index (χ3n) is 4.34. The molecule has 24 heavy (non-hydrogen) atoms. The van der Waals surface area contributed by atoms with E-state index in [4.69, 9.17) is 5.73 Å². The van der Waals surface area contributed by atoms with Crippen molar-refractivity contribution >= 4 is 24.2 Å². The molecule has 0 aliphatic carbocycles. The van der Waals surface area contributed by atoms with E-state index in [9.17, 15) is 9.59 Å². The Bertz CT molecular complexity index is 534. The number of likely N-dealkylation sites (tertiary alicyclic amines) is 1. The molecule has 2 rings (SSSR count). The van der Waals surface area contributed by atoms with Gasteiger partial charge in [-0.15, -0.1) is 12.4 Å². The maximum absolute atomic E-state index is 12.4. The van der Waals surface area contributed by atoms with Crippen LogP contribution in [0, 0.1) is 12.8 Å². The summed E-state index contributed by atoms with van der Waals surface area (Å²) >= 11 is 0. The summed E-state index contributed by atoms with van der Waals surface area (Å²) in [7, 11) is 0. The van der Waals surface area contributed by atoms with E-state index in [0.717, 1.165) is 25.8 Å². The minimum absolute atomic E-state index is 0. The summed E-state index contributed by atoms with van der Waals surface area (Å²) < 4.78 is 0. The number of hydrogen-bond acceptors (Lipinski definition) is 3. The zero-order chi connectivity index (χ0) is 16.7. The molecule has 1 atom stereocenters. The number of nitrogens with one attached hydrogen (secondary N) is 1. The number of nitrogens with two attached hydrogens (primary N) is 1. The molecule has 0 saturated carbocycles. The first-order valence-electron chi connectivity index (χ1n) is 8.41. The van der Waals surface area contributed by atoms with E-state index in [0.29, 0.717) is 26.1 Å². The lowest BCUT2D eigenvalue weighted by Gasteiger charge is -2.32. The van der Waals surface area contributed by atoms with E-state index in [2.05, 4.69) is 36.5 Å².